The number of hydrogen-bond donors (Lipinski definition) is 0. The Morgan fingerprint density at radius 2 is 1.81 bits per heavy atom. The zero-order valence-electron chi connectivity index (χ0n) is 21.8. The summed E-state index contributed by atoms with van der Waals surface area (Å²) in [6.07, 6.45) is 2.23. The Labute approximate surface area is 218 Å². The van der Waals surface area contributed by atoms with Crippen molar-refractivity contribution in [3.05, 3.63) is 65.2 Å². The summed E-state index contributed by atoms with van der Waals surface area (Å²) in [5, 5.41) is 9.46. The largest absolute Gasteiger partial charge is 0.490 e. The standard InChI is InChI=1S/C29H35N3O5/c1-31-14-13-23-10-12-26(35-3)27(37-23)19-36-25-11-9-20(17-30)15-24(25)29(34)32(2)18-22(16-28(31)33)21-7-5-4-6-8-21/h4-9,11,15,22-23,26-27H,10,12-14,16,18-19H2,1-3H3/t22-,23+,26-,27-/m0/s1. The van der Waals surface area contributed by atoms with E-state index in [-0.39, 0.29) is 49.1 Å². The van der Waals surface area contributed by atoms with Crippen LogP contribution in [0.25, 0.3) is 0 Å². The van der Waals surface area contributed by atoms with E-state index in [1.807, 2.05) is 37.4 Å². The van der Waals surface area contributed by atoms with Crippen molar-refractivity contribution in [1.82, 2.24) is 9.80 Å². The van der Waals surface area contributed by atoms with E-state index in [0.717, 1.165) is 24.8 Å². The van der Waals surface area contributed by atoms with Gasteiger partial charge in [0.25, 0.3) is 5.91 Å². The molecule has 2 amide bonds. The zero-order chi connectivity index (χ0) is 26.4. The molecule has 0 unspecified atom stereocenters. The van der Waals surface area contributed by atoms with E-state index in [1.54, 1.807) is 42.2 Å². The van der Waals surface area contributed by atoms with Crippen LogP contribution in [0.3, 0.4) is 0 Å². The van der Waals surface area contributed by atoms with Gasteiger partial charge in [-0.25, -0.2) is 0 Å². The predicted molar refractivity (Wildman–Crippen MR) is 138 cm³/mol. The van der Waals surface area contributed by atoms with E-state index in [4.69, 9.17) is 14.2 Å². The van der Waals surface area contributed by atoms with Crippen LogP contribution < -0.4 is 4.74 Å². The third-order valence-corrected chi connectivity index (χ3v) is 7.35. The van der Waals surface area contributed by atoms with Crippen LogP contribution in [0.1, 0.15) is 53.1 Å². The minimum atomic E-state index is -0.309. The highest BCUT2D eigenvalue weighted by molar-refractivity contribution is 5.97. The van der Waals surface area contributed by atoms with Gasteiger partial charge in [-0.05, 0) is 43.0 Å². The molecule has 0 saturated carbocycles. The van der Waals surface area contributed by atoms with Crippen molar-refractivity contribution in [2.75, 3.05) is 40.9 Å². The van der Waals surface area contributed by atoms with Crippen LogP contribution in [0.15, 0.2) is 48.5 Å². The third-order valence-electron chi connectivity index (χ3n) is 7.35. The molecule has 2 aliphatic heterocycles. The molecule has 2 heterocycles. The first-order valence-corrected chi connectivity index (χ1v) is 12.8. The highest BCUT2D eigenvalue weighted by Gasteiger charge is 2.33. The van der Waals surface area contributed by atoms with Crippen LogP contribution in [-0.4, -0.2) is 80.8 Å². The number of fused-ring (bicyclic) bond motifs is 3. The minimum absolute atomic E-state index is 0.0127. The molecular formula is C29H35N3O5. The van der Waals surface area contributed by atoms with Crippen molar-refractivity contribution in [1.29, 1.82) is 5.26 Å². The zero-order valence-corrected chi connectivity index (χ0v) is 21.8. The van der Waals surface area contributed by atoms with E-state index in [9.17, 15) is 14.9 Å². The van der Waals surface area contributed by atoms with Crippen LogP contribution in [0, 0.1) is 11.3 Å². The quantitative estimate of drug-likeness (QED) is 0.619. The second-order valence-corrected chi connectivity index (χ2v) is 9.88. The summed E-state index contributed by atoms with van der Waals surface area (Å²) in [6.45, 7) is 1.15. The summed E-state index contributed by atoms with van der Waals surface area (Å²) in [7, 11) is 5.20. The van der Waals surface area contributed by atoms with Crippen LogP contribution >= 0.6 is 0 Å². The molecule has 0 aliphatic carbocycles. The van der Waals surface area contributed by atoms with Gasteiger partial charge in [0, 0.05) is 46.6 Å². The number of hydrogen-bond acceptors (Lipinski definition) is 6. The molecule has 8 nitrogen and oxygen atoms in total. The van der Waals surface area contributed by atoms with E-state index >= 15 is 0 Å². The molecule has 0 N–H and O–H groups in total. The Bertz CT molecular complexity index is 1130. The van der Waals surface area contributed by atoms with Crippen LogP contribution in [-0.2, 0) is 14.3 Å². The summed E-state index contributed by atoms with van der Waals surface area (Å²) >= 11 is 0. The maximum absolute atomic E-state index is 13.6. The van der Waals surface area contributed by atoms with Crippen LogP contribution in [0.2, 0.25) is 0 Å². The van der Waals surface area contributed by atoms with Crippen molar-refractivity contribution >= 4 is 11.8 Å². The van der Waals surface area contributed by atoms with Crippen molar-refractivity contribution in [3.8, 4) is 11.8 Å². The van der Waals surface area contributed by atoms with E-state index in [2.05, 4.69) is 6.07 Å². The van der Waals surface area contributed by atoms with Crippen molar-refractivity contribution in [2.45, 2.75) is 49.9 Å². The number of nitrogens with zero attached hydrogens (tertiary/aromatic N) is 3. The molecule has 4 rings (SSSR count). The smallest absolute Gasteiger partial charge is 0.257 e. The Hall–Kier alpha value is -3.41. The van der Waals surface area contributed by atoms with Gasteiger partial charge in [-0.15, -0.1) is 0 Å². The van der Waals surface area contributed by atoms with Crippen molar-refractivity contribution in [3.63, 3.8) is 0 Å². The monoisotopic (exact) mass is 505 g/mol. The number of rotatable bonds is 2. The maximum atomic E-state index is 13.6. The Morgan fingerprint density at radius 1 is 1.03 bits per heavy atom. The third kappa shape index (κ3) is 6.48. The molecule has 196 valence electrons. The number of benzene rings is 2. The lowest BCUT2D eigenvalue weighted by molar-refractivity contribution is -0.145. The van der Waals surface area contributed by atoms with Gasteiger partial charge in [0.15, 0.2) is 0 Å². The molecule has 0 aromatic heterocycles. The molecule has 2 bridgehead atoms. The molecule has 37 heavy (non-hydrogen) atoms. The second kappa shape index (κ2) is 12.2. The molecule has 8 heteroatoms. The summed E-state index contributed by atoms with van der Waals surface area (Å²) in [6, 6.07) is 16.8. The number of likely N-dealkylation sites (N-methyl/N-ethyl adjacent to an activating group) is 1. The molecule has 2 aromatic rings. The average molecular weight is 506 g/mol. The predicted octanol–water partition coefficient (Wildman–Crippen LogP) is 3.61. The van der Waals surface area contributed by atoms with Gasteiger partial charge in [0.2, 0.25) is 5.91 Å². The summed E-state index contributed by atoms with van der Waals surface area (Å²) in [5.41, 5.74) is 1.68. The molecular weight excluding hydrogens is 470 g/mol. The highest BCUT2D eigenvalue weighted by atomic mass is 16.6. The summed E-state index contributed by atoms with van der Waals surface area (Å²) in [4.78, 5) is 30.2. The van der Waals surface area contributed by atoms with Gasteiger partial charge in [0.1, 0.15) is 18.5 Å². The fraction of sp³-hybridized carbons (Fsp3) is 0.483. The van der Waals surface area contributed by atoms with Crippen molar-refractivity contribution < 1.29 is 23.8 Å². The lowest BCUT2D eigenvalue weighted by Crippen LogP contribution is -2.44. The van der Waals surface area contributed by atoms with Gasteiger partial charge in [-0.2, -0.15) is 5.26 Å². The normalized spacial score (nSPS) is 25.7. The Kier molecular flexibility index (Phi) is 8.80. The van der Waals surface area contributed by atoms with Crippen molar-refractivity contribution in [2.24, 2.45) is 0 Å². The van der Waals surface area contributed by atoms with Gasteiger partial charge < -0.3 is 24.0 Å². The summed E-state index contributed by atoms with van der Waals surface area (Å²) < 4.78 is 18.1. The molecule has 0 radical (unpaired) electrons. The number of carbonyl (C=O) groups excluding carboxylic acids is 2. The fourth-order valence-electron chi connectivity index (χ4n) is 5.09. The first-order chi connectivity index (χ1) is 17.9. The number of nitriles is 1. The molecule has 2 aliphatic rings. The van der Waals surface area contributed by atoms with E-state index in [0.29, 0.717) is 30.0 Å². The fourth-order valence-corrected chi connectivity index (χ4v) is 5.09. The number of methoxy groups -OCH3 is 1. The number of ether oxygens (including phenoxy) is 3. The molecule has 1 fully saturated rings. The van der Waals surface area contributed by atoms with Crippen LogP contribution in [0.5, 0.6) is 5.75 Å². The first kappa shape index (κ1) is 26.6. The second-order valence-electron chi connectivity index (χ2n) is 9.88. The Balaban J connectivity index is 1.68. The van der Waals surface area contributed by atoms with Gasteiger partial charge in [0.05, 0.1) is 29.4 Å². The maximum Gasteiger partial charge on any atom is 0.257 e. The number of amides is 2. The minimum Gasteiger partial charge on any atom is -0.490 e. The van der Waals surface area contributed by atoms with Gasteiger partial charge in [-0.3, -0.25) is 9.59 Å². The topological polar surface area (TPSA) is 92.1 Å². The average Bonchev–Trinajstić information content (AvgIpc) is 2.93. The molecule has 4 atom stereocenters. The lowest BCUT2D eigenvalue weighted by atomic mass is 9.94. The summed E-state index contributed by atoms with van der Waals surface area (Å²) in [5.74, 6) is -0.0269. The molecule has 0 spiro atoms. The molecule has 2 aromatic carbocycles. The van der Waals surface area contributed by atoms with E-state index < -0.39 is 0 Å². The van der Waals surface area contributed by atoms with Gasteiger partial charge >= 0.3 is 0 Å². The van der Waals surface area contributed by atoms with E-state index in [1.165, 1.54) is 0 Å². The van der Waals surface area contributed by atoms with Crippen LogP contribution in [0.4, 0.5) is 0 Å². The highest BCUT2D eigenvalue weighted by Crippen LogP contribution is 2.29. The number of carbonyl (C=O) groups is 2. The SMILES string of the molecule is CO[C@H]1CC[C@@H]2CCN(C)C(=O)C[C@H](c3ccccc3)CN(C)C(=O)c3cc(C#N)ccc3OC[C@@H]1O2. The Morgan fingerprint density at radius 3 is 2.54 bits per heavy atom. The first-order valence-electron chi connectivity index (χ1n) is 12.8. The molecule has 1 saturated heterocycles. The lowest BCUT2D eigenvalue weighted by Gasteiger charge is -2.36. The van der Waals surface area contributed by atoms with Gasteiger partial charge in [-0.1, -0.05) is 30.3 Å².